The minimum absolute atomic E-state index is 0.774. The number of rotatable bonds is 5. The molecule has 1 N–H and O–H groups in total. The summed E-state index contributed by atoms with van der Waals surface area (Å²) in [4.78, 5) is 2.37. The molecular formula is C12H26N2. The second-order valence-corrected chi connectivity index (χ2v) is 5.05. The molecular weight excluding hydrogens is 172 g/mol. The monoisotopic (exact) mass is 198 g/mol. The summed E-state index contributed by atoms with van der Waals surface area (Å²) in [5.74, 6) is 0.827. The molecule has 1 aliphatic rings. The van der Waals surface area contributed by atoms with E-state index in [2.05, 4.69) is 38.2 Å². The van der Waals surface area contributed by atoms with E-state index in [0.29, 0.717) is 0 Å². The van der Waals surface area contributed by atoms with Gasteiger partial charge in [0.25, 0.3) is 0 Å². The topological polar surface area (TPSA) is 15.3 Å². The van der Waals surface area contributed by atoms with Crippen molar-refractivity contribution in [2.24, 2.45) is 5.92 Å². The predicted octanol–water partition coefficient (Wildman–Crippen LogP) is 2.10. The molecule has 2 heteroatoms. The molecule has 0 aliphatic heterocycles. The zero-order valence-electron chi connectivity index (χ0n) is 10.2. The van der Waals surface area contributed by atoms with Crippen LogP contribution in [-0.4, -0.2) is 37.6 Å². The smallest absolute Gasteiger partial charge is 0.0105 e. The Morgan fingerprint density at radius 2 is 2.07 bits per heavy atom. The molecule has 1 fully saturated rings. The highest BCUT2D eigenvalue weighted by atomic mass is 15.1. The van der Waals surface area contributed by atoms with Crippen molar-refractivity contribution < 1.29 is 0 Å². The molecule has 14 heavy (non-hydrogen) atoms. The third-order valence-corrected chi connectivity index (χ3v) is 3.59. The minimum atomic E-state index is 0.774. The molecule has 0 radical (unpaired) electrons. The highest BCUT2D eigenvalue weighted by Crippen LogP contribution is 2.22. The Balaban J connectivity index is 2.16. The van der Waals surface area contributed by atoms with Crippen molar-refractivity contribution >= 4 is 0 Å². The van der Waals surface area contributed by atoms with Crippen LogP contribution in [0.3, 0.4) is 0 Å². The van der Waals surface area contributed by atoms with Gasteiger partial charge in [-0.1, -0.05) is 20.3 Å². The maximum atomic E-state index is 3.69. The van der Waals surface area contributed by atoms with Crippen molar-refractivity contribution in [3.63, 3.8) is 0 Å². The Kier molecular flexibility index (Phi) is 4.90. The van der Waals surface area contributed by atoms with Crippen molar-refractivity contribution in [1.82, 2.24) is 10.2 Å². The Morgan fingerprint density at radius 3 is 2.57 bits per heavy atom. The number of hydrogen-bond acceptors (Lipinski definition) is 2. The molecule has 0 aromatic heterocycles. The van der Waals surface area contributed by atoms with Crippen LogP contribution >= 0.6 is 0 Å². The summed E-state index contributed by atoms with van der Waals surface area (Å²) in [5, 5.41) is 3.69. The maximum absolute atomic E-state index is 3.69. The van der Waals surface area contributed by atoms with Gasteiger partial charge in [0.05, 0.1) is 0 Å². The van der Waals surface area contributed by atoms with Crippen molar-refractivity contribution in [2.75, 3.05) is 20.6 Å². The second-order valence-electron chi connectivity index (χ2n) is 5.05. The zero-order chi connectivity index (χ0) is 10.6. The first-order valence-corrected chi connectivity index (χ1v) is 6.03. The quantitative estimate of drug-likeness (QED) is 0.728. The van der Waals surface area contributed by atoms with Crippen LogP contribution in [0.1, 0.15) is 39.5 Å². The van der Waals surface area contributed by atoms with Gasteiger partial charge in [0, 0.05) is 12.1 Å². The van der Waals surface area contributed by atoms with Gasteiger partial charge < -0.3 is 10.2 Å². The van der Waals surface area contributed by atoms with E-state index in [0.717, 1.165) is 18.0 Å². The molecule has 84 valence electrons. The van der Waals surface area contributed by atoms with Gasteiger partial charge in [0.15, 0.2) is 0 Å². The van der Waals surface area contributed by atoms with Crippen molar-refractivity contribution in [3.8, 4) is 0 Å². The fourth-order valence-corrected chi connectivity index (χ4v) is 2.12. The van der Waals surface area contributed by atoms with Crippen LogP contribution < -0.4 is 5.32 Å². The number of nitrogens with one attached hydrogen (secondary N) is 1. The Hall–Kier alpha value is -0.0800. The summed E-state index contributed by atoms with van der Waals surface area (Å²) in [6, 6.07) is 1.58. The van der Waals surface area contributed by atoms with Gasteiger partial charge in [-0.15, -0.1) is 0 Å². The first-order valence-electron chi connectivity index (χ1n) is 6.03. The third-order valence-electron chi connectivity index (χ3n) is 3.59. The first-order chi connectivity index (χ1) is 6.63. The summed E-state index contributed by atoms with van der Waals surface area (Å²) in [6.07, 6.45) is 5.35. The molecule has 1 aliphatic carbocycles. The van der Waals surface area contributed by atoms with E-state index in [1.807, 2.05) is 0 Å². The average Bonchev–Trinajstić information content (AvgIpc) is 2.62. The van der Waals surface area contributed by atoms with Crippen LogP contribution in [0.25, 0.3) is 0 Å². The normalized spacial score (nSPS) is 29.8. The van der Waals surface area contributed by atoms with Crippen LogP contribution in [0.5, 0.6) is 0 Å². The molecule has 1 rings (SSSR count). The number of hydrogen-bond donors (Lipinski definition) is 1. The molecule has 3 atom stereocenters. The van der Waals surface area contributed by atoms with Gasteiger partial charge in [-0.25, -0.2) is 0 Å². The van der Waals surface area contributed by atoms with Crippen molar-refractivity contribution in [3.05, 3.63) is 0 Å². The predicted molar refractivity (Wildman–Crippen MR) is 62.6 cm³/mol. The fourth-order valence-electron chi connectivity index (χ4n) is 2.12. The first kappa shape index (κ1) is 12.0. The Labute approximate surface area is 89.1 Å². The van der Waals surface area contributed by atoms with Crippen LogP contribution in [0, 0.1) is 5.92 Å². The molecule has 0 aromatic carbocycles. The molecule has 0 spiro atoms. The van der Waals surface area contributed by atoms with Crippen LogP contribution in [0.15, 0.2) is 0 Å². The van der Waals surface area contributed by atoms with E-state index >= 15 is 0 Å². The Morgan fingerprint density at radius 1 is 1.36 bits per heavy atom. The van der Waals surface area contributed by atoms with Gasteiger partial charge in [0.2, 0.25) is 0 Å². The molecule has 0 bridgehead atoms. The molecule has 2 nitrogen and oxygen atoms in total. The third kappa shape index (κ3) is 3.58. The summed E-state index contributed by atoms with van der Waals surface area (Å²) >= 11 is 0. The Bertz CT molecular complexity index is 156. The van der Waals surface area contributed by atoms with Crippen LogP contribution in [-0.2, 0) is 0 Å². The highest BCUT2D eigenvalue weighted by molar-refractivity contribution is 4.84. The molecule has 0 saturated heterocycles. The van der Waals surface area contributed by atoms with E-state index < -0.39 is 0 Å². The number of nitrogens with zero attached hydrogens (tertiary/aromatic N) is 1. The maximum Gasteiger partial charge on any atom is 0.0105 e. The van der Waals surface area contributed by atoms with E-state index in [1.54, 1.807) is 0 Å². The lowest BCUT2D eigenvalue weighted by Gasteiger charge is -2.20. The summed E-state index contributed by atoms with van der Waals surface area (Å²) in [5.41, 5.74) is 0. The fraction of sp³-hybridized carbons (Fsp3) is 1.00. The van der Waals surface area contributed by atoms with Gasteiger partial charge in [-0.05, 0) is 45.8 Å². The largest absolute Gasteiger partial charge is 0.314 e. The highest BCUT2D eigenvalue weighted by Gasteiger charge is 2.25. The summed E-state index contributed by atoms with van der Waals surface area (Å²) in [6.45, 7) is 5.79. The molecule has 0 heterocycles. The van der Waals surface area contributed by atoms with E-state index in [4.69, 9.17) is 0 Å². The summed E-state index contributed by atoms with van der Waals surface area (Å²) < 4.78 is 0. The van der Waals surface area contributed by atoms with Gasteiger partial charge >= 0.3 is 0 Å². The standard InChI is InChI=1S/C12H26N2/c1-5-10(2)9-13-11-6-7-12(8-11)14(3)4/h10-13H,5-9H2,1-4H3. The van der Waals surface area contributed by atoms with Gasteiger partial charge in [-0.3, -0.25) is 0 Å². The van der Waals surface area contributed by atoms with Crippen LogP contribution in [0.2, 0.25) is 0 Å². The lowest BCUT2D eigenvalue weighted by Crippen LogP contribution is -2.33. The lowest BCUT2D eigenvalue weighted by atomic mass is 10.1. The molecule has 0 aromatic rings. The summed E-state index contributed by atoms with van der Waals surface area (Å²) in [7, 11) is 4.39. The van der Waals surface area contributed by atoms with Crippen molar-refractivity contribution in [2.45, 2.75) is 51.6 Å². The SMILES string of the molecule is CCC(C)CNC1CCC(N(C)C)C1. The van der Waals surface area contributed by atoms with E-state index in [1.165, 1.54) is 32.2 Å². The molecule has 0 amide bonds. The van der Waals surface area contributed by atoms with Gasteiger partial charge in [0.1, 0.15) is 0 Å². The van der Waals surface area contributed by atoms with Crippen LogP contribution in [0.4, 0.5) is 0 Å². The molecule has 1 saturated carbocycles. The lowest BCUT2D eigenvalue weighted by molar-refractivity contribution is 0.292. The van der Waals surface area contributed by atoms with Gasteiger partial charge in [-0.2, -0.15) is 0 Å². The molecule has 3 unspecified atom stereocenters. The second kappa shape index (κ2) is 5.72. The minimum Gasteiger partial charge on any atom is -0.314 e. The zero-order valence-corrected chi connectivity index (χ0v) is 10.2. The average molecular weight is 198 g/mol. The van der Waals surface area contributed by atoms with E-state index in [-0.39, 0.29) is 0 Å². The van der Waals surface area contributed by atoms with Crippen molar-refractivity contribution in [1.29, 1.82) is 0 Å². The van der Waals surface area contributed by atoms with E-state index in [9.17, 15) is 0 Å².